The molecule has 23 heavy (non-hydrogen) atoms. The molecule has 1 aromatic heterocycles. The molecule has 1 aliphatic heterocycles. The van der Waals surface area contributed by atoms with Gasteiger partial charge in [-0.05, 0) is 18.6 Å². The second kappa shape index (κ2) is 7.02. The summed E-state index contributed by atoms with van der Waals surface area (Å²) in [5.74, 6) is 0.506. The van der Waals surface area contributed by atoms with Crippen LogP contribution in [0.15, 0.2) is 36.9 Å². The molecule has 6 nitrogen and oxygen atoms in total. The number of hydrogen-bond donors (Lipinski definition) is 1. The molecule has 0 radical (unpaired) electrons. The number of amides is 1. The molecule has 2 aromatic rings. The van der Waals surface area contributed by atoms with E-state index in [2.05, 4.69) is 19.8 Å². The second-order valence-corrected chi connectivity index (χ2v) is 5.99. The Hall–Kier alpha value is -2.05. The third-order valence-corrected chi connectivity index (χ3v) is 4.31. The van der Waals surface area contributed by atoms with Gasteiger partial charge in [-0.25, -0.2) is 4.98 Å². The number of methoxy groups -OCH3 is 1. The van der Waals surface area contributed by atoms with Gasteiger partial charge in [0.2, 0.25) is 5.91 Å². The molecule has 2 heterocycles. The topological polar surface area (TPSA) is 59.4 Å². The first kappa shape index (κ1) is 15.8. The number of nitrogens with zero attached hydrogens (tertiary/aromatic N) is 3. The highest BCUT2D eigenvalue weighted by Crippen LogP contribution is 2.27. The summed E-state index contributed by atoms with van der Waals surface area (Å²) >= 11 is 5.98. The van der Waals surface area contributed by atoms with Crippen LogP contribution in [0.2, 0.25) is 5.02 Å². The van der Waals surface area contributed by atoms with E-state index in [-0.39, 0.29) is 5.91 Å². The molecule has 7 heteroatoms. The van der Waals surface area contributed by atoms with E-state index in [1.54, 1.807) is 31.5 Å². The van der Waals surface area contributed by atoms with Crippen molar-refractivity contribution >= 4 is 23.2 Å². The number of imidazole rings is 1. The van der Waals surface area contributed by atoms with Crippen molar-refractivity contribution in [3.8, 4) is 5.75 Å². The van der Waals surface area contributed by atoms with Crippen molar-refractivity contribution in [1.82, 2.24) is 14.5 Å². The predicted molar refractivity (Wildman–Crippen MR) is 89.0 cm³/mol. The molecule has 122 valence electrons. The molecular formula is C16H19ClN4O2. The summed E-state index contributed by atoms with van der Waals surface area (Å²) in [6.07, 6.45) is 6.60. The molecule has 0 aliphatic carbocycles. The van der Waals surface area contributed by atoms with Crippen molar-refractivity contribution in [2.45, 2.75) is 12.5 Å². The van der Waals surface area contributed by atoms with Gasteiger partial charge in [0.1, 0.15) is 5.75 Å². The van der Waals surface area contributed by atoms with E-state index in [4.69, 9.17) is 16.3 Å². The van der Waals surface area contributed by atoms with Crippen LogP contribution < -0.4 is 10.1 Å². The van der Waals surface area contributed by atoms with Gasteiger partial charge in [0.25, 0.3) is 0 Å². The lowest BCUT2D eigenvalue weighted by Crippen LogP contribution is -2.31. The van der Waals surface area contributed by atoms with E-state index in [1.807, 2.05) is 12.5 Å². The fourth-order valence-corrected chi connectivity index (χ4v) is 3.02. The molecule has 1 atom stereocenters. The van der Waals surface area contributed by atoms with Gasteiger partial charge >= 0.3 is 0 Å². The van der Waals surface area contributed by atoms with Crippen LogP contribution in [0.1, 0.15) is 12.5 Å². The lowest BCUT2D eigenvalue weighted by atomic mass is 10.3. The number of nitrogens with one attached hydrogen (secondary N) is 1. The van der Waals surface area contributed by atoms with Gasteiger partial charge in [-0.2, -0.15) is 0 Å². The molecule has 1 aliphatic rings. The van der Waals surface area contributed by atoms with Crippen LogP contribution in [0.25, 0.3) is 0 Å². The molecule has 3 rings (SSSR count). The first-order valence-electron chi connectivity index (χ1n) is 7.49. The van der Waals surface area contributed by atoms with E-state index >= 15 is 0 Å². The summed E-state index contributed by atoms with van der Waals surface area (Å²) < 4.78 is 7.25. The van der Waals surface area contributed by atoms with E-state index in [0.717, 1.165) is 19.5 Å². The van der Waals surface area contributed by atoms with Crippen LogP contribution in [-0.4, -0.2) is 47.1 Å². The van der Waals surface area contributed by atoms with Gasteiger partial charge in [-0.3, -0.25) is 9.69 Å². The van der Waals surface area contributed by atoms with Gasteiger partial charge in [0, 0.05) is 43.3 Å². The van der Waals surface area contributed by atoms with Crippen LogP contribution >= 0.6 is 11.6 Å². The maximum Gasteiger partial charge on any atom is 0.238 e. The molecule has 0 spiro atoms. The Morgan fingerprint density at radius 2 is 2.39 bits per heavy atom. The SMILES string of the molecule is COc1cc(NC(=O)CN2CC[C@H](n3ccnc3)C2)ccc1Cl. The Balaban J connectivity index is 1.54. The van der Waals surface area contributed by atoms with Crippen LogP contribution in [0.3, 0.4) is 0 Å². The summed E-state index contributed by atoms with van der Waals surface area (Å²) in [6.45, 7) is 2.13. The highest BCUT2D eigenvalue weighted by molar-refractivity contribution is 6.32. The van der Waals surface area contributed by atoms with Gasteiger partial charge < -0.3 is 14.6 Å². The lowest BCUT2D eigenvalue weighted by molar-refractivity contribution is -0.117. The number of hydrogen-bond acceptors (Lipinski definition) is 4. The normalized spacial score (nSPS) is 18.1. The van der Waals surface area contributed by atoms with Crippen LogP contribution in [0.5, 0.6) is 5.75 Å². The average Bonchev–Trinajstić information content (AvgIpc) is 3.20. The van der Waals surface area contributed by atoms with E-state index in [0.29, 0.717) is 29.0 Å². The number of carbonyl (C=O) groups is 1. The van der Waals surface area contributed by atoms with E-state index < -0.39 is 0 Å². The molecular weight excluding hydrogens is 316 g/mol. The molecule has 0 bridgehead atoms. The second-order valence-electron chi connectivity index (χ2n) is 5.59. The zero-order valence-electron chi connectivity index (χ0n) is 12.9. The number of aromatic nitrogens is 2. The Morgan fingerprint density at radius 1 is 1.52 bits per heavy atom. The average molecular weight is 335 g/mol. The summed E-state index contributed by atoms with van der Waals surface area (Å²) in [5, 5.41) is 3.40. The summed E-state index contributed by atoms with van der Waals surface area (Å²) in [7, 11) is 1.55. The molecule has 1 amide bonds. The maximum atomic E-state index is 12.2. The van der Waals surface area contributed by atoms with Crippen molar-refractivity contribution < 1.29 is 9.53 Å². The van der Waals surface area contributed by atoms with Gasteiger partial charge in [-0.1, -0.05) is 11.6 Å². The first-order chi connectivity index (χ1) is 11.2. The minimum absolute atomic E-state index is 0.0411. The summed E-state index contributed by atoms with van der Waals surface area (Å²) in [6, 6.07) is 5.58. The largest absolute Gasteiger partial charge is 0.495 e. The van der Waals surface area contributed by atoms with Crippen LogP contribution in [-0.2, 0) is 4.79 Å². The quantitative estimate of drug-likeness (QED) is 0.912. The minimum Gasteiger partial charge on any atom is -0.495 e. The van der Waals surface area contributed by atoms with Crippen LogP contribution in [0, 0.1) is 0 Å². The number of anilines is 1. The monoisotopic (exact) mass is 334 g/mol. The fourth-order valence-electron chi connectivity index (χ4n) is 2.83. The zero-order chi connectivity index (χ0) is 16.2. The first-order valence-corrected chi connectivity index (χ1v) is 7.86. The molecule has 1 aromatic carbocycles. The van der Waals surface area contributed by atoms with Crippen molar-refractivity contribution in [1.29, 1.82) is 0 Å². The number of ether oxygens (including phenoxy) is 1. The number of benzene rings is 1. The lowest BCUT2D eigenvalue weighted by Gasteiger charge is -2.16. The van der Waals surface area contributed by atoms with Crippen molar-refractivity contribution in [2.24, 2.45) is 0 Å². The van der Waals surface area contributed by atoms with Crippen molar-refractivity contribution in [3.05, 3.63) is 41.9 Å². The number of carbonyl (C=O) groups excluding carboxylic acids is 1. The van der Waals surface area contributed by atoms with E-state index in [1.165, 1.54) is 0 Å². The Kier molecular flexibility index (Phi) is 4.83. The maximum absolute atomic E-state index is 12.2. The standard InChI is InChI=1S/C16H19ClN4O2/c1-23-15-8-12(2-3-14(15)17)19-16(22)10-20-6-4-13(9-20)21-7-5-18-11-21/h2-3,5,7-8,11,13H,4,6,9-10H2,1H3,(H,19,22)/t13-/m0/s1. The third-order valence-electron chi connectivity index (χ3n) is 4.00. The fraction of sp³-hybridized carbons (Fsp3) is 0.375. The van der Waals surface area contributed by atoms with Gasteiger partial charge in [-0.15, -0.1) is 0 Å². The predicted octanol–water partition coefficient (Wildman–Crippen LogP) is 2.43. The Labute approximate surface area is 140 Å². The number of halogens is 1. The highest BCUT2D eigenvalue weighted by Gasteiger charge is 2.24. The highest BCUT2D eigenvalue weighted by atomic mass is 35.5. The Morgan fingerprint density at radius 3 is 3.13 bits per heavy atom. The zero-order valence-corrected chi connectivity index (χ0v) is 13.7. The summed E-state index contributed by atoms with van der Waals surface area (Å²) in [4.78, 5) is 18.4. The molecule has 0 unspecified atom stereocenters. The smallest absolute Gasteiger partial charge is 0.238 e. The number of rotatable bonds is 5. The molecule has 0 saturated carbocycles. The van der Waals surface area contributed by atoms with Crippen molar-refractivity contribution in [2.75, 3.05) is 32.1 Å². The minimum atomic E-state index is -0.0411. The van der Waals surface area contributed by atoms with E-state index in [9.17, 15) is 4.79 Å². The van der Waals surface area contributed by atoms with Crippen molar-refractivity contribution in [3.63, 3.8) is 0 Å². The third kappa shape index (κ3) is 3.83. The Bertz CT molecular complexity index is 675. The number of likely N-dealkylation sites (tertiary alicyclic amines) is 1. The molecule has 1 saturated heterocycles. The molecule has 1 N–H and O–H groups in total. The van der Waals surface area contributed by atoms with Crippen LogP contribution in [0.4, 0.5) is 5.69 Å². The molecule has 1 fully saturated rings. The van der Waals surface area contributed by atoms with Gasteiger partial charge in [0.15, 0.2) is 0 Å². The van der Waals surface area contributed by atoms with Gasteiger partial charge in [0.05, 0.1) is 25.0 Å². The summed E-state index contributed by atoms with van der Waals surface area (Å²) in [5.41, 5.74) is 0.682.